The minimum atomic E-state index is -1.03. The molecule has 2 amide bonds. The van der Waals surface area contributed by atoms with Crippen molar-refractivity contribution in [3.8, 4) is 11.4 Å². The van der Waals surface area contributed by atoms with Crippen molar-refractivity contribution in [2.45, 2.75) is 19.1 Å². The number of carbonyl (C=O) groups is 2. The Kier molecular flexibility index (Phi) is 4.34. The minimum absolute atomic E-state index is 0.161. The van der Waals surface area contributed by atoms with Gasteiger partial charge in [0.05, 0.1) is 37.4 Å². The highest BCUT2D eigenvalue weighted by Crippen LogP contribution is 2.44. The molecule has 1 aromatic carbocycles. The Morgan fingerprint density at radius 1 is 1.21 bits per heavy atom. The Hall–Kier alpha value is -4.41. The number of hydrogen-bond donors (Lipinski definition) is 0. The van der Waals surface area contributed by atoms with Crippen molar-refractivity contribution >= 4 is 11.8 Å². The van der Waals surface area contributed by atoms with Crippen LogP contribution in [0.15, 0.2) is 59.7 Å². The number of amides is 2. The predicted octanol–water partition coefficient (Wildman–Crippen LogP) is 1.84. The molecule has 0 radical (unpaired) electrons. The highest BCUT2D eigenvalue weighted by Gasteiger charge is 2.56. The highest BCUT2D eigenvalue weighted by molar-refractivity contribution is 5.99. The molecule has 1 saturated heterocycles. The van der Waals surface area contributed by atoms with Crippen LogP contribution < -0.4 is 4.74 Å². The van der Waals surface area contributed by atoms with Crippen LogP contribution in [0.4, 0.5) is 0 Å². The summed E-state index contributed by atoms with van der Waals surface area (Å²) in [5, 5.41) is 11.8. The van der Waals surface area contributed by atoms with E-state index in [-0.39, 0.29) is 11.8 Å². The molecule has 2 aliphatic rings. The second kappa shape index (κ2) is 7.30. The molecule has 0 N–H and O–H groups in total. The number of hydrogen-bond acceptors (Lipinski definition) is 7. The normalized spacial score (nSPS) is 19.3. The number of aromatic nitrogens is 5. The van der Waals surface area contributed by atoms with Gasteiger partial charge in [0.25, 0.3) is 11.8 Å². The average molecular weight is 459 g/mol. The molecule has 3 aromatic heterocycles. The first kappa shape index (κ1) is 20.2. The van der Waals surface area contributed by atoms with Crippen LogP contribution in [0.5, 0.6) is 5.75 Å². The summed E-state index contributed by atoms with van der Waals surface area (Å²) in [6.07, 6.45) is 6.51. The number of nitrogens with zero attached hydrogens (tertiary/aromatic N) is 7. The third kappa shape index (κ3) is 2.73. The van der Waals surface area contributed by atoms with Gasteiger partial charge < -0.3 is 23.6 Å². The van der Waals surface area contributed by atoms with E-state index in [0.717, 1.165) is 11.3 Å². The van der Waals surface area contributed by atoms with Crippen molar-refractivity contribution in [2.24, 2.45) is 0 Å². The zero-order valence-electron chi connectivity index (χ0n) is 18.6. The van der Waals surface area contributed by atoms with E-state index in [2.05, 4.69) is 15.5 Å². The van der Waals surface area contributed by atoms with E-state index in [0.29, 0.717) is 42.3 Å². The van der Waals surface area contributed by atoms with Crippen molar-refractivity contribution < 1.29 is 18.8 Å². The summed E-state index contributed by atoms with van der Waals surface area (Å²) in [6.45, 7) is 2.85. The molecule has 1 unspecified atom stereocenters. The molecule has 1 fully saturated rings. The van der Waals surface area contributed by atoms with E-state index >= 15 is 0 Å². The Bertz CT molecular complexity index is 1390. The van der Waals surface area contributed by atoms with Gasteiger partial charge in [-0.25, -0.2) is 4.68 Å². The SMILES string of the molecule is COc1ccc(C23Cn4cc(-n5ccnn5)cc4C(=O)N2CCN3C(=O)c2conc2C)cc1. The molecule has 1 atom stereocenters. The van der Waals surface area contributed by atoms with E-state index < -0.39 is 5.66 Å². The van der Waals surface area contributed by atoms with E-state index in [1.165, 1.54) is 6.26 Å². The number of carbonyl (C=O) groups excluding carboxylic acids is 2. The second-order valence-electron chi connectivity index (χ2n) is 8.33. The summed E-state index contributed by atoms with van der Waals surface area (Å²) < 4.78 is 13.9. The van der Waals surface area contributed by atoms with Gasteiger partial charge in [-0.3, -0.25) is 9.59 Å². The van der Waals surface area contributed by atoms with Crippen molar-refractivity contribution in [2.75, 3.05) is 20.2 Å². The van der Waals surface area contributed by atoms with Crippen molar-refractivity contribution in [3.05, 3.63) is 77.7 Å². The van der Waals surface area contributed by atoms with Gasteiger partial charge in [0.2, 0.25) is 0 Å². The lowest BCUT2D eigenvalue weighted by atomic mass is 9.93. The first-order valence-corrected chi connectivity index (χ1v) is 10.8. The first-order chi connectivity index (χ1) is 16.5. The Morgan fingerprint density at radius 2 is 2.03 bits per heavy atom. The van der Waals surface area contributed by atoms with Gasteiger partial charge >= 0.3 is 0 Å². The zero-order valence-corrected chi connectivity index (χ0v) is 18.6. The lowest BCUT2D eigenvalue weighted by Gasteiger charge is -2.47. The summed E-state index contributed by atoms with van der Waals surface area (Å²) in [7, 11) is 1.60. The van der Waals surface area contributed by atoms with Gasteiger partial charge in [-0.15, -0.1) is 5.10 Å². The molecule has 5 heterocycles. The molecular formula is C23H21N7O4. The topological polar surface area (TPSA) is 112 Å². The quantitative estimate of drug-likeness (QED) is 0.458. The molecule has 4 aromatic rings. The van der Waals surface area contributed by atoms with E-state index in [9.17, 15) is 9.59 Å². The first-order valence-electron chi connectivity index (χ1n) is 10.8. The van der Waals surface area contributed by atoms with Crippen LogP contribution in [0.1, 0.15) is 32.1 Å². The number of rotatable bonds is 4. The lowest BCUT2D eigenvalue weighted by molar-refractivity contribution is -0.00598. The third-order valence-electron chi connectivity index (χ3n) is 6.64. The summed E-state index contributed by atoms with van der Waals surface area (Å²) in [6, 6.07) is 9.27. The van der Waals surface area contributed by atoms with E-state index in [4.69, 9.17) is 9.26 Å². The van der Waals surface area contributed by atoms with Crippen LogP contribution in [0, 0.1) is 6.92 Å². The summed E-state index contributed by atoms with van der Waals surface area (Å²) in [5.41, 5.74) is 1.91. The zero-order chi connectivity index (χ0) is 23.4. The molecule has 0 aliphatic carbocycles. The number of ether oxygens (including phenoxy) is 1. The van der Waals surface area contributed by atoms with Crippen molar-refractivity contribution in [1.82, 2.24) is 34.5 Å². The van der Waals surface area contributed by atoms with Gasteiger partial charge in [0, 0.05) is 24.8 Å². The number of fused-ring (bicyclic) bond motifs is 2. The molecule has 0 spiro atoms. The Labute approximate surface area is 194 Å². The van der Waals surface area contributed by atoms with Gasteiger partial charge in [-0.05, 0) is 25.1 Å². The molecular weight excluding hydrogens is 438 g/mol. The molecule has 2 aliphatic heterocycles. The maximum Gasteiger partial charge on any atom is 0.272 e. The van der Waals surface area contributed by atoms with Crippen molar-refractivity contribution in [3.63, 3.8) is 0 Å². The van der Waals surface area contributed by atoms with Gasteiger partial charge in [-0.1, -0.05) is 22.5 Å². The molecule has 6 rings (SSSR count). The molecule has 0 bridgehead atoms. The summed E-state index contributed by atoms with van der Waals surface area (Å²) in [5.74, 6) is 0.289. The van der Waals surface area contributed by atoms with Crippen LogP contribution in [0.3, 0.4) is 0 Å². The van der Waals surface area contributed by atoms with Gasteiger partial charge in [0.1, 0.15) is 23.3 Å². The fourth-order valence-corrected chi connectivity index (χ4v) is 4.98. The van der Waals surface area contributed by atoms with Crippen LogP contribution in [-0.2, 0) is 12.2 Å². The predicted molar refractivity (Wildman–Crippen MR) is 117 cm³/mol. The minimum Gasteiger partial charge on any atom is -0.497 e. The average Bonchev–Trinajstić information content (AvgIpc) is 3.64. The standard InChI is InChI=1S/C23H21N7O4/c1-15-19(13-34-25-15)21(31)28-9-10-29-22(32)20-11-17(30-8-7-24-26-30)12-27(20)14-23(28,29)16-3-5-18(33-2)6-4-16/h3-8,11-13H,9-10,14H2,1-2H3. The molecule has 11 heteroatoms. The van der Waals surface area contributed by atoms with Gasteiger partial charge in [-0.2, -0.15) is 0 Å². The fraction of sp³-hybridized carbons (Fsp3) is 0.261. The van der Waals surface area contributed by atoms with Crippen molar-refractivity contribution in [1.29, 1.82) is 0 Å². The molecule has 11 nitrogen and oxygen atoms in total. The summed E-state index contributed by atoms with van der Waals surface area (Å²) in [4.78, 5) is 31.0. The van der Waals surface area contributed by atoms with Gasteiger partial charge in [0.15, 0.2) is 5.66 Å². The van der Waals surface area contributed by atoms with Crippen LogP contribution >= 0.6 is 0 Å². The fourth-order valence-electron chi connectivity index (χ4n) is 4.98. The van der Waals surface area contributed by atoms with E-state index in [1.807, 2.05) is 35.0 Å². The number of benzene rings is 1. The monoisotopic (exact) mass is 459 g/mol. The largest absolute Gasteiger partial charge is 0.497 e. The Balaban J connectivity index is 1.52. The second-order valence-corrected chi connectivity index (χ2v) is 8.33. The molecule has 172 valence electrons. The van der Waals surface area contributed by atoms with Crippen LogP contribution in [0.2, 0.25) is 0 Å². The van der Waals surface area contributed by atoms with Crippen LogP contribution in [-0.4, -0.2) is 66.5 Å². The molecule has 0 saturated carbocycles. The Morgan fingerprint density at radius 3 is 2.71 bits per heavy atom. The summed E-state index contributed by atoms with van der Waals surface area (Å²) >= 11 is 0. The number of methoxy groups -OCH3 is 1. The maximum atomic E-state index is 13.8. The van der Waals surface area contributed by atoms with Crippen LogP contribution in [0.25, 0.3) is 5.69 Å². The smallest absolute Gasteiger partial charge is 0.272 e. The maximum absolute atomic E-state index is 13.8. The van der Waals surface area contributed by atoms with E-state index in [1.54, 1.807) is 47.0 Å². The molecule has 34 heavy (non-hydrogen) atoms. The number of aryl methyl sites for hydroxylation is 1. The highest BCUT2D eigenvalue weighted by atomic mass is 16.5. The third-order valence-corrected chi connectivity index (χ3v) is 6.64. The lowest BCUT2D eigenvalue weighted by Crippen LogP contribution is -2.60.